The van der Waals surface area contributed by atoms with Crippen molar-refractivity contribution in [3.05, 3.63) is 30.9 Å². The van der Waals surface area contributed by atoms with Crippen LogP contribution in [0.3, 0.4) is 0 Å². The molecule has 0 aliphatic carbocycles. The van der Waals surface area contributed by atoms with Gasteiger partial charge in [0.1, 0.15) is 18.9 Å². The first-order chi connectivity index (χ1) is 13.3. The Kier molecular flexibility index (Phi) is 15.5. The van der Waals surface area contributed by atoms with Crippen molar-refractivity contribution in [3.8, 4) is 0 Å². The summed E-state index contributed by atoms with van der Waals surface area (Å²) in [4.78, 5) is 14.8. The molecule has 154 valence electrons. The summed E-state index contributed by atoms with van der Waals surface area (Å²) in [6.45, 7) is 3.79. The molecule has 0 saturated heterocycles. The molecule has 0 saturated carbocycles. The van der Waals surface area contributed by atoms with Gasteiger partial charge >= 0.3 is 0 Å². The van der Waals surface area contributed by atoms with Crippen LogP contribution in [0.4, 0.5) is 0 Å². The number of unbranched alkanes of at least 4 members (excludes halogenated alkanes) is 11. The molecule has 2 N–H and O–H groups in total. The SMILES string of the molecule is CCCCCCCC/C=C\CCCCCCCC(=O)NCC[n+]1cc[nH]c1. The predicted molar refractivity (Wildman–Crippen MR) is 113 cm³/mol. The van der Waals surface area contributed by atoms with Gasteiger partial charge in [0.15, 0.2) is 0 Å². The van der Waals surface area contributed by atoms with Crippen LogP contribution < -0.4 is 9.88 Å². The maximum Gasteiger partial charge on any atom is 0.241 e. The standard InChI is InChI=1S/C23H41N3O/c1-2-3-4-5-6-7-8-9-10-11-12-13-14-15-16-17-23(27)25-19-21-26-20-18-24-22-26/h9-10,18,20,22H,2-8,11-17,19,21H2,1H3,(H,25,27)/p+1/b10-9-. The minimum atomic E-state index is 0.184. The number of carbonyl (C=O) groups is 1. The molecule has 0 aromatic carbocycles. The minimum Gasteiger partial charge on any atom is -0.352 e. The average Bonchev–Trinajstić information content (AvgIpc) is 3.18. The van der Waals surface area contributed by atoms with Crippen molar-refractivity contribution < 1.29 is 9.36 Å². The summed E-state index contributed by atoms with van der Waals surface area (Å²) < 4.78 is 2.03. The van der Waals surface area contributed by atoms with Crippen LogP contribution in [0.1, 0.15) is 96.8 Å². The number of amides is 1. The van der Waals surface area contributed by atoms with Crippen LogP contribution in [0.15, 0.2) is 30.9 Å². The fraction of sp³-hybridized carbons (Fsp3) is 0.739. The molecule has 1 amide bonds. The van der Waals surface area contributed by atoms with E-state index in [0.717, 1.165) is 13.0 Å². The van der Waals surface area contributed by atoms with Gasteiger partial charge in [-0.2, -0.15) is 0 Å². The normalized spacial score (nSPS) is 11.3. The highest BCUT2D eigenvalue weighted by Crippen LogP contribution is 2.09. The Morgan fingerprint density at radius 1 is 0.926 bits per heavy atom. The molecule has 0 aliphatic heterocycles. The van der Waals surface area contributed by atoms with Crippen molar-refractivity contribution in [3.63, 3.8) is 0 Å². The molecule has 1 heterocycles. The lowest BCUT2D eigenvalue weighted by Crippen LogP contribution is -2.38. The van der Waals surface area contributed by atoms with E-state index in [4.69, 9.17) is 0 Å². The Morgan fingerprint density at radius 2 is 1.56 bits per heavy atom. The number of H-pyrrole nitrogens is 1. The summed E-state index contributed by atoms with van der Waals surface area (Å²) in [5.74, 6) is 0.184. The fourth-order valence-electron chi connectivity index (χ4n) is 3.23. The zero-order chi connectivity index (χ0) is 19.4. The van der Waals surface area contributed by atoms with Gasteiger partial charge < -0.3 is 5.32 Å². The zero-order valence-corrected chi connectivity index (χ0v) is 17.6. The van der Waals surface area contributed by atoms with Gasteiger partial charge in [-0.25, -0.2) is 4.57 Å². The number of hydrogen-bond acceptors (Lipinski definition) is 1. The number of carbonyl (C=O) groups excluding carboxylic acids is 1. The molecule has 0 fully saturated rings. The Labute approximate surface area is 166 Å². The monoisotopic (exact) mass is 376 g/mol. The van der Waals surface area contributed by atoms with Crippen LogP contribution in [0.5, 0.6) is 0 Å². The molecule has 4 heteroatoms. The van der Waals surface area contributed by atoms with E-state index in [9.17, 15) is 4.79 Å². The second-order valence-electron chi connectivity index (χ2n) is 7.53. The summed E-state index contributed by atoms with van der Waals surface area (Å²) in [5.41, 5.74) is 0. The van der Waals surface area contributed by atoms with Crippen molar-refractivity contribution in [2.45, 2.75) is 103 Å². The molecule has 1 aromatic heterocycles. The molecule has 1 rings (SSSR count). The highest BCUT2D eigenvalue weighted by atomic mass is 16.1. The van der Waals surface area contributed by atoms with Crippen molar-refractivity contribution in [2.75, 3.05) is 6.54 Å². The number of imidazole rings is 1. The lowest BCUT2D eigenvalue weighted by Gasteiger charge is -2.04. The third kappa shape index (κ3) is 15.2. The summed E-state index contributed by atoms with van der Waals surface area (Å²) in [6.07, 6.45) is 27.9. The quantitative estimate of drug-likeness (QED) is 0.200. The van der Waals surface area contributed by atoms with Crippen LogP contribution in [-0.4, -0.2) is 17.4 Å². The maximum absolute atomic E-state index is 11.8. The topological polar surface area (TPSA) is 48.8 Å². The molecule has 0 unspecified atom stereocenters. The van der Waals surface area contributed by atoms with Crippen molar-refractivity contribution in [1.82, 2.24) is 10.3 Å². The number of nitrogens with zero attached hydrogens (tertiary/aromatic N) is 1. The van der Waals surface area contributed by atoms with Gasteiger partial charge in [-0.15, -0.1) is 0 Å². The number of allylic oxidation sites excluding steroid dienone is 2. The Hall–Kier alpha value is -1.58. The van der Waals surface area contributed by atoms with Crippen LogP contribution in [0.25, 0.3) is 0 Å². The molecular weight excluding hydrogens is 334 g/mol. The van der Waals surface area contributed by atoms with Crippen LogP contribution >= 0.6 is 0 Å². The molecular formula is C23H42N3O+. The third-order valence-electron chi connectivity index (χ3n) is 4.96. The molecule has 27 heavy (non-hydrogen) atoms. The molecule has 0 atom stereocenters. The lowest BCUT2D eigenvalue weighted by atomic mass is 10.1. The first-order valence-electron chi connectivity index (χ1n) is 11.3. The summed E-state index contributed by atoms with van der Waals surface area (Å²) in [7, 11) is 0. The minimum absolute atomic E-state index is 0.184. The number of hydrogen-bond donors (Lipinski definition) is 2. The Morgan fingerprint density at radius 3 is 2.19 bits per heavy atom. The maximum atomic E-state index is 11.8. The number of aromatic nitrogens is 2. The molecule has 0 spiro atoms. The largest absolute Gasteiger partial charge is 0.352 e. The highest BCUT2D eigenvalue weighted by Gasteiger charge is 2.02. The van der Waals surface area contributed by atoms with Crippen LogP contribution in [0.2, 0.25) is 0 Å². The van der Waals surface area contributed by atoms with Crippen LogP contribution in [-0.2, 0) is 11.3 Å². The Balaban J connectivity index is 1.78. The summed E-state index contributed by atoms with van der Waals surface area (Å²) in [6, 6.07) is 0. The van der Waals surface area contributed by atoms with E-state index in [2.05, 4.69) is 29.4 Å². The third-order valence-corrected chi connectivity index (χ3v) is 4.96. The number of nitrogens with one attached hydrogen (secondary N) is 2. The van der Waals surface area contributed by atoms with Gasteiger partial charge in [-0.1, -0.05) is 70.4 Å². The van der Waals surface area contributed by atoms with Gasteiger partial charge in [-0.05, 0) is 32.1 Å². The summed E-state index contributed by atoms with van der Waals surface area (Å²) >= 11 is 0. The van der Waals surface area contributed by atoms with E-state index < -0.39 is 0 Å². The van der Waals surface area contributed by atoms with E-state index in [1.807, 2.05) is 23.3 Å². The smallest absolute Gasteiger partial charge is 0.241 e. The van der Waals surface area contributed by atoms with E-state index in [1.54, 1.807) is 0 Å². The number of rotatable bonds is 18. The molecule has 0 radical (unpaired) electrons. The van der Waals surface area contributed by atoms with Crippen molar-refractivity contribution in [2.24, 2.45) is 0 Å². The van der Waals surface area contributed by atoms with Crippen molar-refractivity contribution in [1.29, 1.82) is 0 Å². The number of aromatic amines is 1. The van der Waals surface area contributed by atoms with Gasteiger partial charge in [0.2, 0.25) is 12.2 Å². The first kappa shape index (κ1) is 23.5. The second-order valence-corrected chi connectivity index (χ2v) is 7.53. The zero-order valence-electron chi connectivity index (χ0n) is 17.6. The molecule has 4 nitrogen and oxygen atoms in total. The van der Waals surface area contributed by atoms with E-state index in [-0.39, 0.29) is 5.91 Å². The van der Waals surface area contributed by atoms with Gasteiger partial charge in [0.05, 0.1) is 6.54 Å². The van der Waals surface area contributed by atoms with Gasteiger partial charge in [0.25, 0.3) is 0 Å². The predicted octanol–water partition coefficient (Wildman–Crippen LogP) is 5.46. The molecule has 0 aliphatic rings. The lowest BCUT2D eigenvalue weighted by molar-refractivity contribution is -0.693. The Bertz CT molecular complexity index is 468. The van der Waals surface area contributed by atoms with E-state index >= 15 is 0 Å². The van der Waals surface area contributed by atoms with E-state index in [0.29, 0.717) is 13.0 Å². The highest BCUT2D eigenvalue weighted by molar-refractivity contribution is 5.75. The van der Waals surface area contributed by atoms with Gasteiger partial charge in [0, 0.05) is 6.42 Å². The fourth-order valence-corrected chi connectivity index (χ4v) is 3.23. The van der Waals surface area contributed by atoms with E-state index in [1.165, 1.54) is 77.0 Å². The molecule has 0 bridgehead atoms. The second kappa shape index (κ2) is 17.8. The average molecular weight is 377 g/mol. The summed E-state index contributed by atoms with van der Waals surface area (Å²) in [5, 5.41) is 2.99. The van der Waals surface area contributed by atoms with Crippen molar-refractivity contribution >= 4 is 5.91 Å². The van der Waals surface area contributed by atoms with Gasteiger partial charge in [-0.3, -0.25) is 9.78 Å². The van der Waals surface area contributed by atoms with Crippen LogP contribution in [0, 0.1) is 0 Å². The molecule has 1 aromatic rings. The first-order valence-corrected chi connectivity index (χ1v) is 11.3.